The second-order valence-corrected chi connectivity index (χ2v) is 5.98. The lowest BCUT2D eigenvalue weighted by Crippen LogP contribution is -2.16. The molecule has 0 aliphatic rings. The summed E-state index contributed by atoms with van der Waals surface area (Å²) in [6.07, 6.45) is 0. The molecule has 1 unspecified atom stereocenters. The lowest BCUT2D eigenvalue weighted by Gasteiger charge is -2.09. The molecule has 0 aliphatic heterocycles. The largest absolute Gasteiger partial charge is 0.459 e. The normalized spacial score (nSPS) is 12.7. The van der Waals surface area contributed by atoms with Crippen LogP contribution in [0.15, 0.2) is 57.4 Å². The quantitative estimate of drug-likeness (QED) is 0.673. The molecule has 3 heteroatoms. The summed E-state index contributed by atoms with van der Waals surface area (Å²) in [5.74, 6) is 1.89. The molecule has 0 bridgehead atoms. The van der Waals surface area contributed by atoms with Crippen LogP contribution < -0.4 is 5.32 Å². The number of rotatable bonds is 4. The van der Waals surface area contributed by atoms with E-state index in [0.717, 1.165) is 28.1 Å². The Hall–Kier alpha value is -1.58. The zero-order valence-corrected chi connectivity index (χ0v) is 13.8. The maximum atomic E-state index is 6.05. The van der Waals surface area contributed by atoms with Gasteiger partial charge in [0.15, 0.2) is 0 Å². The van der Waals surface area contributed by atoms with Gasteiger partial charge in [-0.3, -0.25) is 0 Å². The number of hydrogen-bond donors (Lipinski definition) is 1. The van der Waals surface area contributed by atoms with Crippen LogP contribution in [0.5, 0.6) is 0 Å². The van der Waals surface area contributed by atoms with Crippen LogP contribution >= 0.6 is 15.9 Å². The van der Waals surface area contributed by atoms with E-state index in [-0.39, 0.29) is 6.04 Å². The smallest absolute Gasteiger partial charge is 0.134 e. The van der Waals surface area contributed by atoms with Crippen molar-refractivity contribution < 1.29 is 4.42 Å². The number of furan rings is 1. The van der Waals surface area contributed by atoms with Crippen molar-refractivity contribution in [1.29, 1.82) is 0 Å². The molecule has 1 heterocycles. The fourth-order valence-corrected chi connectivity index (χ4v) is 3.09. The molecule has 108 valence electrons. The van der Waals surface area contributed by atoms with Gasteiger partial charge in [-0.2, -0.15) is 0 Å². The van der Waals surface area contributed by atoms with Crippen molar-refractivity contribution in [2.24, 2.45) is 0 Å². The molecular formula is C18H18BrNO. The Bertz CT molecular complexity index is 763. The van der Waals surface area contributed by atoms with Gasteiger partial charge in [-0.25, -0.2) is 0 Å². The topological polar surface area (TPSA) is 25.2 Å². The highest BCUT2D eigenvalue weighted by molar-refractivity contribution is 9.10. The standard InChI is InChI=1S/C18H18BrNO/c1-3-20-12(2)17-10-11-18(21-17)15-8-9-16(19)14-7-5-4-6-13(14)15/h4-12,20H,3H2,1-2H3. The molecule has 0 radical (unpaired) electrons. The number of halogens is 1. The van der Waals surface area contributed by atoms with Crippen LogP contribution in [0.25, 0.3) is 22.1 Å². The highest BCUT2D eigenvalue weighted by atomic mass is 79.9. The predicted molar refractivity (Wildman–Crippen MR) is 91.4 cm³/mol. The first kappa shape index (κ1) is 14.4. The number of hydrogen-bond acceptors (Lipinski definition) is 2. The third kappa shape index (κ3) is 2.76. The number of fused-ring (bicyclic) bond motifs is 1. The molecule has 2 nitrogen and oxygen atoms in total. The van der Waals surface area contributed by atoms with E-state index in [9.17, 15) is 0 Å². The highest BCUT2D eigenvalue weighted by Gasteiger charge is 2.13. The summed E-state index contributed by atoms with van der Waals surface area (Å²) in [5, 5.41) is 5.77. The van der Waals surface area contributed by atoms with Crippen LogP contribution in [0.2, 0.25) is 0 Å². The minimum absolute atomic E-state index is 0.227. The van der Waals surface area contributed by atoms with Crippen LogP contribution in [0.3, 0.4) is 0 Å². The summed E-state index contributed by atoms with van der Waals surface area (Å²) in [6, 6.07) is 16.9. The van der Waals surface area contributed by atoms with Gasteiger partial charge >= 0.3 is 0 Å². The molecule has 0 spiro atoms. The molecule has 1 aromatic heterocycles. The van der Waals surface area contributed by atoms with Crippen molar-refractivity contribution in [2.75, 3.05) is 6.54 Å². The molecular weight excluding hydrogens is 326 g/mol. The van der Waals surface area contributed by atoms with Crippen molar-refractivity contribution in [2.45, 2.75) is 19.9 Å². The van der Waals surface area contributed by atoms with Gasteiger partial charge in [-0.1, -0.05) is 47.1 Å². The average molecular weight is 344 g/mol. The first-order valence-electron chi connectivity index (χ1n) is 7.21. The molecule has 0 aliphatic carbocycles. The molecule has 1 N–H and O–H groups in total. The van der Waals surface area contributed by atoms with Crippen LogP contribution in [0, 0.1) is 0 Å². The average Bonchev–Trinajstić information content (AvgIpc) is 2.98. The maximum absolute atomic E-state index is 6.05. The lowest BCUT2D eigenvalue weighted by atomic mass is 10.0. The van der Waals surface area contributed by atoms with Gasteiger partial charge in [0.1, 0.15) is 11.5 Å². The van der Waals surface area contributed by atoms with Gasteiger partial charge in [0.2, 0.25) is 0 Å². The van der Waals surface area contributed by atoms with E-state index < -0.39 is 0 Å². The maximum Gasteiger partial charge on any atom is 0.134 e. The van der Waals surface area contributed by atoms with Crippen molar-refractivity contribution in [3.8, 4) is 11.3 Å². The van der Waals surface area contributed by atoms with Gasteiger partial charge in [0.25, 0.3) is 0 Å². The summed E-state index contributed by atoms with van der Waals surface area (Å²) in [6.45, 7) is 5.15. The van der Waals surface area contributed by atoms with Crippen molar-refractivity contribution in [3.05, 3.63) is 58.8 Å². The molecule has 0 saturated carbocycles. The first-order chi connectivity index (χ1) is 10.2. The monoisotopic (exact) mass is 343 g/mol. The summed E-state index contributed by atoms with van der Waals surface area (Å²) >= 11 is 3.61. The molecule has 3 rings (SSSR count). The molecule has 1 atom stereocenters. The summed E-state index contributed by atoms with van der Waals surface area (Å²) in [7, 11) is 0. The van der Waals surface area contributed by atoms with E-state index >= 15 is 0 Å². The van der Waals surface area contributed by atoms with E-state index in [1.54, 1.807) is 0 Å². The van der Waals surface area contributed by atoms with Gasteiger partial charge in [-0.15, -0.1) is 0 Å². The molecule has 0 amide bonds. The minimum atomic E-state index is 0.227. The molecule has 21 heavy (non-hydrogen) atoms. The third-order valence-electron chi connectivity index (χ3n) is 3.70. The summed E-state index contributed by atoms with van der Waals surface area (Å²) in [5.41, 5.74) is 1.13. The first-order valence-corrected chi connectivity index (χ1v) is 8.00. The van der Waals surface area contributed by atoms with Crippen LogP contribution in [-0.2, 0) is 0 Å². The Labute approximate surface area is 133 Å². The van der Waals surface area contributed by atoms with Gasteiger partial charge < -0.3 is 9.73 Å². The zero-order chi connectivity index (χ0) is 14.8. The van der Waals surface area contributed by atoms with Crippen LogP contribution in [-0.4, -0.2) is 6.54 Å². The Balaban J connectivity index is 2.07. The van der Waals surface area contributed by atoms with Gasteiger partial charge in [0.05, 0.1) is 6.04 Å². The predicted octanol–water partition coefficient (Wildman–Crippen LogP) is 5.53. The Kier molecular flexibility index (Phi) is 4.13. The van der Waals surface area contributed by atoms with E-state index in [2.05, 4.69) is 83.6 Å². The summed E-state index contributed by atoms with van der Waals surface area (Å²) in [4.78, 5) is 0. The fraction of sp³-hybridized carbons (Fsp3) is 0.222. The zero-order valence-electron chi connectivity index (χ0n) is 12.2. The van der Waals surface area contributed by atoms with Crippen molar-refractivity contribution in [1.82, 2.24) is 5.32 Å². The second kappa shape index (κ2) is 6.04. The molecule has 3 aromatic rings. The molecule has 2 aromatic carbocycles. The fourth-order valence-electron chi connectivity index (χ4n) is 2.61. The highest BCUT2D eigenvalue weighted by Crippen LogP contribution is 2.34. The Morgan fingerprint density at radius 3 is 2.57 bits per heavy atom. The van der Waals surface area contributed by atoms with Crippen LogP contribution in [0.4, 0.5) is 0 Å². The lowest BCUT2D eigenvalue weighted by molar-refractivity contribution is 0.445. The third-order valence-corrected chi connectivity index (χ3v) is 4.39. The number of nitrogens with one attached hydrogen (secondary N) is 1. The SMILES string of the molecule is CCNC(C)c1ccc(-c2ccc(Br)c3ccccc23)o1. The van der Waals surface area contributed by atoms with E-state index in [1.807, 2.05) is 0 Å². The number of benzene rings is 2. The second-order valence-electron chi connectivity index (χ2n) is 5.12. The Morgan fingerprint density at radius 1 is 1.05 bits per heavy atom. The van der Waals surface area contributed by atoms with Crippen molar-refractivity contribution >= 4 is 26.7 Å². The van der Waals surface area contributed by atoms with Gasteiger partial charge in [-0.05, 0) is 48.5 Å². The minimum Gasteiger partial charge on any atom is -0.459 e. The van der Waals surface area contributed by atoms with E-state index in [1.165, 1.54) is 10.8 Å². The van der Waals surface area contributed by atoms with Crippen LogP contribution in [0.1, 0.15) is 25.6 Å². The van der Waals surface area contributed by atoms with E-state index in [0.29, 0.717) is 0 Å². The Morgan fingerprint density at radius 2 is 1.81 bits per heavy atom. The molecule has 0 fully saturated rings. The summed E-state index contributed by atoms with van der Waals surface area (Å²) < 4.78 is 7.16. The van der Waals surface area contributed by atoms with Gasteiger partial charge in [0, 0.05) is 10.0 Å². The van der Waals surface area contributed by atoms with Crippen molar-refractivity contribution in [3.63, 3.8) is 0 Å². The molecule has 0 saturated heterocycles. The van der Waals surface area contributed by atoms with E-state index in [4.69, 9.17) is 4.42 Å².